The van der Waals surface area contributed by atoms with E-state index in [9.17, 15) is 9.18 Å². The van der Waals surface area contributed by atoms with Crippen molar-refractivity contribution in [2.45, 2.75) is 19.1 Å². The number of nitrogens with zero attached hydrogens (tertiary/aromatic N) is 1. The van der Waals surface area contributed by atoms with Crippen LogP contribution in [-0.2, 0) is 4.79 Å². The lowest BCUT2D eigenvalue weighted by Crippen LogP contribution is -2.33. The van der Waals surface area contributed by atoms with Crippen LogP contribution in [0.2, 0.25) is 0 Å². The van der Waals surface area contributed by atoms with Crippen LogP contribution in [0.5, 0.6) is 0 Å². The SMILES string of the molecule is CSCCN1C(=O)C(C)NC1c1ccccc1F. The van der Waals surface area contributed by atoms with Crippen molar-refractivity contribution in [1.82, 2.24) is 10.2 Å². The van der Waals surface area contributed by atoms with Crippen molar-refractivity contribution in [2.75, 3.05) is 18.6 Å². The number of nitrogens with one attached hydrogen (secondary N) is 1. The van der Waals surface area contributed by atoms with Gasteiger partial charge >= 0.3 is 0 Å². The lowest BCUT2D eigenvalue weighted by Gasteiger charge is -2.24. The second kappa shape index (κ2) is 5.71. The molecule has 3 nitrogen and oxygen atoms in total. The predicted molar refractivity (Wildman–Crippen MR) is 71.8 cm³/mol. The maximum absolute atomic E-state index is 13.8. The normalized spacial score (nSPS) is 23.7. The molecule has 2 rings (SSSR count). The largest absolute Gasteiger partial charge is 0.321 e. The first kappa shape index (κ1) is 13.4. The van der Waals surface area contributed by atoms with E-state index < -0.39 is 0 Å². The number of hydrogen-bond donors (Lipinski definition) is 1. The van der Waals surface area contributed by atoms with Gasteiger partial charge in [-0.05, 0) is 19.2 Å². The summed E-state index contributed by atoms with van der Waals surface area (Å²) >= 11 is 1.68. The van der Waals surface area contributed by atoms with Gasteiger partial charge in [-0.15, -0.1) is 0 Å². The van der Waals surface area contributed by atoms with E-state index >= 15 is 0 Å². The van der Waals surface area contributed by atoms with Gasteiger partial charge in [0.05, 0.1) is 6.04 Å². The van der Waals surface area contributed by atoms with Crippen LogP contribution in [0.4, 0.5) is 4.39 Å². The second-order valence-corrected chi connectivity index (χ2v) is 5.32. The number of halogens is 1. The Hall–Kier alpha value is -1.07. The second-order valence-electron chi connectivity index (χ2n) is 4.34. The van der Waals surface area contributed by atoms with E-state index in [0.717, 1.165) is 5.75 Å². The number of rotatable bonds is 4. The fourth-order valence-electron chi connectivity index (χ4n) is 2.16. The first-order valence-corrected chi connectivity index (χ1v) is 7.34. The summed E-state index contributed by atoms with van der Waals surface area (Å²) in [5.74, 6) is 0.619. The zero-order valence-electron chi connectivity index (χ0n) is 10.5. The van der Waals surface area contributed by atoms with E-state index in [2.05, 4.69) is 5.32 Å². The maximum Gasteiger partial charge on any atom is 0.241 e. The summed E-state index contributed by atoms with van der Waals surface area (Å²) in [6.45, 7) is 2.45. The molecule has 1 fully saturated rings. The molecular formula is C13H17FN2OS. The summed E-state index contributed by atoms with van der Waals surface area (Å²) in [5.41, 5.74) is 0.538. The van der Waals surface area contributed by atoms with Crippen molar-refractivity contribution in [3.05, 3.63) is 35.6 Å². The molecule has 18 heavy (non-hydrogen) atoms. The average molecular weight is 268 g/mol. The van der Waals surface area contributed by atoms with Crippen LogP contribution in [0.15, 0.2) is 24.3 Å². The Kier molecular flexibility index (Phi) is 4.24. The summed E-state index contributed by atoms with van der Waals surface area (Å²) in [6, 6.07) is 6.35. The number of carbonyl (C=O) groups excluding carboxylic acids is 1. The number of hydrogen-bond acceptors (Lipinski definition) is 3. The lowest BCUT2D eigenvalue weighted by atomic mass is 10.1. The Morgan fingerprint density at radius 3 is 2.83 bits per heavy atom. The Labute approximate surface area is 111 Å². The monoisotopic (exact) mass is 268 g/mol. The molecule has 1 aliphatic heterocycles. The molecule has 1 amide bonds. The van der Waals surface area contributed by atoms with Gasteiger partial charge in [0.1, 0.15) is 12.0 Å². The fraction of sp³-hybridized carbons (Fsp3) is 0.462. The third-order valence-corrected chi connectivity index (χ3v) is 3.70. The molecule has 1 saturated heterocycles. The molecule has 0 aromatic heterocycles. The molecule has 1 aromatic rings. The van der Waals surface area contributed by atoms with E-state index in [1.54, 1.807) is 34.9 Å². The predicted octanol–water partition coefficient (Wildman–Crippen LogP) is 2.01. The Bertz CT molecular complexity index is 441. The highest BCUT2D eigenvalue weighted by Crippen LogP contribution is 2.27. The summed E-state index contributed by atoms with van der Waals surface area (Å²) in [4.78, 5) is 13.8. The molecule has 1 aliphatic rings. The standard InChI is InChI=1S/C13H17FN2OS/c1-9-13(17)16(7-8-18-2)12(15-9)10-5-3-4-6-11(10)14/h3-6,9,12,15H,7-8H2,1-2H3. The Balaban J connectivity index is 2.25. The molecule has 0 saturated carbocycles. The zero-order valence-corrected chi connectivity index (χ0v) is 11.3. The van der Waals surface area contributed by atoms with Gasteiger partial charge in [0.2, 0.25) is 5.91 Å². The van der Waals surface area contributed by atoms with Crippen molar-refractivity contribution in [2.24, 2.45) is 0 Å². The minimum Gasteiger partial charge on any atom is -0.321 e. The van der Waals surface area contributed by atoms with Crippen molar-refractivity contribution in [3.8, 4) is 0 Å². The van der Waals surface area contributed by atoms with E-state index in [1.165, 1.54) is 6.07 Å². The summed E-state index contributed by atoms with van der Waals surface area (Å²) < 4.78 is 13.8. The van der Waals surface area contributed by atoms with Crippen molar-refractivity contribution >= 4 is 17.7 Å². The summed E-state index contributed by atoms with van der Waals surface area (Å²) in [7, 11) is 0. The van der Waals surface area contributed by atoms with Crippen molar-refractivity contribution < 1.29 is 9.18 Å². The molecule has 2 unspecified atom stereocenters. The highest BCUT2D eigenvalue weighted by molar-refractivity contribution is 7.98. The first-order chi connectivity index (χ1) is 8.65. The van der Waals surface area contributed by atoms with E-state index in [0.29, 0.717) is 12.1 Å². The van der Waals surface area contributed by atoms with Crippen LogP contribution in [0, 0.1) is 5.82 Å². The molecule has 1 N–H and O–H groups in total. The van der Waals surface area contributed by atoms with Gasteiger partial charge in [0, 0.05) is 17.9 Å². The minimum absolute atomic E-state index is 0.0392. The lowest BCUT2D eigenvalue weighted by molar-refractivity contribution is -0.129. The molecule has 2 atom stereocenters. The van der Waals surface area contributed by atoms with Crippen molar-refractivity contribution in [1.29, 1.82) is 0 Å². The van der Waals surface area contributed by atoms with Crippen LogP contribution < -0.4 is 5.32 Å². The highest BCUT2D eigenvalue weighted by Gasteiger charge is 2.37. The fourth-order valence-corrected chi connectivity index (χ4v) is 2.54. The molecule has 98 valence electrons. The molecule has 5 heteroatoms. The summed E-state index contributed by atoms with van der Waals surface area (Å²) in [5, 5.41) is 3.15. The highest BCUT2D eigenvalue weighted by atomic mass is 32.2. The van der Waals surface area contributed by atoms with E-state index in [4.69, 9.17) is 0 Å². The van der Waals surface area contributed by atoms with Gasteiger partial charge in [-0.2, -0.15) is 11.8 Å². The van der Waals surface area contributed by atoms with Gasteiger partial charge < -0.3 is 4.90 Å². The average Bonchev–Trinajstić information content (AvgIpc) is 2.64. The minimum atomic E-state index is -0.346. The Morgan fingerprint density at radius 1 is 1.44 bits per heavy atom. The number of amides is 1. The Morgan fingerprint density at radius 2 is 2.17 bits per heavy atom. The smallest absolute Gasteiger partial charge is 0.241 e. The zero-order chi connectivity index (χ0) is 13.1. The molecular weight excluding hydrogens is 251 g/mol. The molecule has 1 heterocycles. The van der Waals surface area contributed by atoms with E-state index in [-0.39, 0.29) is 23.9 Å². The van der Waals surface area contributed by atoms with Gasteiger partial charge in [0.25, 0.3) is 0 Å². The van der Waals surface area contributed by atoms with Gasteiger partial charge in [-0.1, -0.05) is 18.2 Å². The van der Waals surface area contributed by atoms with Crippen molar-refractivity contribution in [3.63, 3.8) is 0 Å². The van der Waals surface area contributed by atoms with Crippen LogP contribution in [-0.4, -0.2) is 35.4 Å². The van der Waals surface area contributed by atoms with Crippen LogP contribution in [0.3, 0.4) is 0 Å². The third-order valence-electron chi connectivity index (χ3n) is 3.11. The van der Waals surface area contributed by atoms with Gasteiger partial charge in [-0.3, -0.25) is 10.1 Å². The maximum atomic E-state index is 13.8. The molecule has 0 radical (unpaired) electrons. The van der Waals surface area contributed by atoms with Crippen LogP contribution >= 0.6 is 11.8 Å². The first-order valence-electron chi connectivity index (χ1n) is 5.95. The quantitative estimate of drug-likeness (QED) is 0.906. The van der Waals surface area contributed by atoms with Crippen LogP contribution in [0.1, 0.15) is 18.7 Å². The van der Waals surface area contributed by atoms with E-state index in [1.807, 2.05) is 13.2 Å². The molecule has 0 spiro atoms. The van der Waals surface area contributed by atoms with Gasteiger partial charge in [0.15, 0.2) is 0 Å². The number of carbonyl (C=O) groups is 1. The molecule has 0 aliphatic carbocycles. The topological polar surface area (TPSA) is 32.3 Å². The van der Waals surface area contributed by atoms with Crippen LogP contribution in [0.25, 0.3) is 0 Å². The number of thioether (sulfide) groups is 1. The number of benzene rings is 1. The molecule has 1 aromatic carbocycles. The molecule has 0 bridgehead atoms. The third kappa shape index (κ3) is 2.52. The summed E-state index contributed by atoms with van der Waals surface area (Å²) in [6.07, 6.45) is 1.65. The van der Waals surface area contributed by atoms with Gasteiger partial charge in [-0.25, -0.2) is 4.39 Å².